The minimum atomic E-state index is -0.244. The van der Waals surface area contributed by atoms with E-state index in [9.17, 15) is 4.79 Å². The molecule has 0 radical (unpaired) electrons. The minimum absolute atomic E-state index is 0.207. The van der Waals surface area contributed by atoms with E-state index < -0.39 is 0 Å². The summed E-state index contributed by atoms with van der Waals surface area (Å²) in [6.07, 6.45) is 7.00. The summed E-state index contributed by atoms with van der Waals surface area (Å²) >= 11 is 0. The van der Waals surface area contributed by atoms with Crippen LogP contribution in [-0.2, 0) is 9.53 Å². The van der Waals surface area contributed by atoms with Gasteiger partial charge in [-0.1, -0.05) is 19.8 Å². The third-order valence-corrected chi connectivity index (χ3v) is 3.02. The first kappa shape index (κ1) is 12.7. The van der Waals surface area contributed by atoms with E-state index in [-0.39, 0.29) is 11.8 Å². The largest absolute Gasteiger partial charge is 0.378 e. The van der Waals surface area contributed by atoms with E-state index in [0.29, 0.717) is 12.5 Å². The van der Waals surface area contributed by atoms with E-state index in [0.717, 1.165) is 45.1 Å². The predicted octanol–water partition coefficient (Wildman–Crippen LogP) is 2.03. The molecule has 3 heteroatoms. The lowest BCUT2D eigenvalue weighted by Gasteiger charge is -2.12. The summed E-state index contributed by atoms with van der Waals surface area (Å²) in [7, 11) is 0. The Balaban J connectivity index is 2.11. The van der Waals surface area contributed by atoms with Gasteiger partial charge in [-0.05, 0) is 25.7 Å². The number of carbonyl (C=O) groups is 1. The Morgan fingerprint density at radius 1 is 1.60 bits per heavy atom. The molecule has 1 aliphatic heterocycles. The summed E-state index contributed by atoms with van der Waals surface area (Å²) in [5.41, 5.74) is 5.80. The molecule has 0 bridgehead atoms. The molecule has 0 spiro atoms. The summed E-state index contributed by atoms with van der Waals surface area (Å²) in [5.74, 6) is 0.207. The minimum Gasteiger partial charge on any atom is -0.378 e. The molecule has 1 heterocycles. The molecule has 1 aliphatic rings. The van der Waals surface area contributed by atoms with Gasteiger partial charge in [-0.25, -0.2) is 0 Å². The first-order valence-corrected chi connectivity index (χ1v) is 6.14. The van der Waals surface area contributed by atoms with Crippen molar-refractivity contribution in [2.24, 2.45) is 5.73 Å². The summed E-state index contributed by atoms with van der Waals surface area (Å²) in [5, 5.41) is 0. The number of hydrogen-bond acceptors (Lipinski definition) is 3. The van der Waals surface area contributed by atoms with Crippen LogP contribution in [-0.4, -0.2) is 24.5 Å². The van der Waals surface area contributed by atoms with Crippen LogP contribution in [0.2, 0.25) is 0 Å². The highest BCUT2D eigenvalue weighted by Crippen LogP contribution is 2.17. The number of unbranched alkanes of at least 4 members (excludes halogenated alkanes) is 1. The number of nitrogens with two attached hydrogens (primary N) is 1. The molecule has 15 heavy (non-hydrogen) atoms. The number of rotatable bonds is 7. The molecule has 0 amide bonds. The molecule has 0 aromatic rings. The second kappa shape index (κ2) is 6.96. The van der Waals surface area contributed by atoms with Crippen LogP contribution in [0.15, 0.2) is 0 Å². The molecular weight excluding hydrogens is 190 g/mol. The molecule has 2 atom stereocenters. The molecule has 0 aromatic carbocycles. The van der Waals surface area contributed by atoms with Crippen molar-refractivity contribution in [2.45, 2.75) is 64.0 Å². The van der Waals surface area contributed by atoms with Crippen LogP contribution < -0.4 is 5.73 Å². The van der Waals surface area contributed by atoms with Crippen molar-refractivity contribution in [3.63, 3.8) is 0 Å². The fraction of sp³-hybridized carbons (Fsp3) is 0.917. The predicted molar refractivity (Wildman–Crippen MR) is 60.7 cm³/mol. The van der Waals surface area contributed by atoms with Gasteiger partial charge in [0.05, 0.1) is 12.1 Å². The van der Waals surface area contributed by atoms with Crippen molar-refractivity contribution in [1.82, 2.24) is 0 Å². The monoisotopic (exact) mass is 213 g/mol. The molecule has 3 nitrogen and oxygen atoms in total. The third-order valence-electron chi connectivity index (χ3n) is 3.02. The Kier molecular flexibility index (Phi) is 5.88. The van der Waals surface area contributed by atoms with Gasteiger partial charge >= 0.3 is 0 Å². The van der Waals surface area contributed by atoms with E-state index in [1.165, 1.54) is 0 Å². The lowest BCUT2D eigenvalue weighted by molar-refractivity contribution is -0.121. The molecular formula is C12H23NO2. The Bertz CT molecular complexity index is 188. The highest BCUT2D eigenvalue weighted by atomic mass is 16.5. The Morgan fingerprint density at radius 3 is 3.00 bits per heavy atom. The van der Waals surface area contributed by atoms with Gasteiger partial charge in [0.1, 0.15) is 5.78 Å². The molecule has 1 fully saturated rings. The highest BCUT2D eigenvalue weighted by molar-refractivity contribution is 5.83. The van der Waals surface area contributed by atoms with Crippen LogP contribution >= 0.6 is 0 Å². The maximum absolute atomic E-state index is 11.6. The van der Waals surface area contributed by atoms with E-state index in [4.69, 9.17) is 10.5 Å². The second-order valence-electron chi connectivity index (χ2n) is 4.39. The zero-order valence-corrected chi connectivity index (χ0v) is 9.71. The SMILES string of the molecule is CCCCC(N)C(=O)CCC1CCCO1. The van der Waals surface area contributed by atoms with Crippen LogP contribution in [0.4, 0.5) is 0 Å². The van der Waals surface area contributed by atoms with Crippen molar-refractivity contribution >= 4 is 5.78 Å². The van der Waals surface area contributed by atoms with Crippen LogP contribution in [0, 0.1) is 0 Å². The Hall–Kier alpha value is -0.410. The second-order valence-corrected chi connectivity index (χ2v) is 4.39. The highest BCUT2D eigenvalue weighted by Gasteiger charge is 2.19. The van der Waals surface area contributed by atoms with E-state index in [1.54, 1.807) is 0 Å². The summed E-state index contributed by atoms with van der Waals surface area (Å²) in [6.45, 7) is 2.98. The first-order chi connectivity index (χ1) is 7.24. The van der Waals surface area contributed by atoms with Gasteiger partial charge in [-0.15, -0.1) is 0 Å². The zero-order chi connectivity index (χ0) is 11.1. The van der Waals surface area contributed by atoms with E-state index >= 15 is 0 Å². The number of hydrogen-bond donors (Lipinski definition) is 1. The van der Waals surface area contributed by atoms with Crippen molar-refractivity contribution in [3.8, 4) is 0 Å². The summed E-state index contributed by atoms with van der Waals surface area (Å²) in [4.78, 5) is 11.6. The molecule has 1 rings (SSSR count). The van der Waals surface area contributed by atoms with Gasteiger partial charge in [0.15, 0.2) is 0 Å². The topological polar surface area (TPSA) is 52.3 Å². The number of Topliss-reactive ketones (excluding diaryl/α,β-unsaturated/α-hetero) is 1. The molecule has 0 aromatic heterocycles. The number of carbonyl (C=O) groups excluding carboxylic acids is 1. The van der Waals surface area contributed by atoms with Crippen LogP contribution in [0.25, 0.3) is 0 Å². The Morgan fingerprint density at radius 2 is 2.40 bits per heavy atom. The number of ether oxygens (including phenoxy) is 1. The quantitative estimate of drug-likeness (QED) is 0.704. The first-order valence-electron chi connectivity index (χ1n) is 6.14. The van der Waals surface area contributed by atoms with Crippen LogP contribution in [0.1, 0.15) is 51.9 Å². The van der Waals surface area contributed by atoms with Crippen LogP contribution in [0.5, 0.6) is 0 Å². The maximum atomic E-state index is 11.6. The van der Waals surface area contributed by atoms with Gasteiger partial charge in [0.25, 0.3) is 0 Å². The van der Waals surface area contributed by atoms with Gasteiger partial charge < -0.3 is 10.5 Å². The average Bonchev–Trinajstić information content (AvgIpc) is 2.75. The fourth-order valence-electron chi connectivity index (χ4n) is 1.95. The Labute approximate surface area is 92.4 Å². The molecule has 0 aliphatic carbocycles. The van der Waals surface area contributed by atoms with E-state index in [1.807, 2.05) is 0 Å². The maximum Gasteiger partial charge on any atom is 0.149 e. The molecule has 88 valence electrons. The van der Waals surface area contributed by atoms with Gasteiger partial charge in [-0.2, -0.15) is 0 Å². The fourth-order valence-corrected chi connectivity index (χ4v) is 1.95. The van der Waals surface area contributed by atoms with Crippen molar-refractivity contribution in [2.75, 3.05) is 6.61 Å². The normalized spacial score (nSPS) is 22.9. The van der Waals surface area contributed by atoms with Crippen molar-refractivity contribution < 1.29 is 9.53 Å². The van der Waals surface area contributed by atoms with Crippen molar-refractivity contribution in [1.29, 1.82) is 0 Å². The van der Waals surface area contributed by atoms with Gasteiger partial charge in [0.2, 0.25) is 0 Å². The summed E-state index contributed by atoms with van der Waals surface area (Å²) in [6, 6.07) is -0.244. The third kappa shape index (κ3) is 4.76. The standard InChI is InChI=1S/C12H23NO2/c1-2-3-6-11(13)12(14)8-7-10-5-4-9-15-10/h10-11H,2-9,13H2,1H3. The molecule has 0 saturated carbocycles. The van der Waals surface area contributed by atoms with Gasteiger partial charge in [0, 0.05) is 13.0 Å². The van der Waals surface area contributed by atoms with Gasteiger partial charge in [-0.3, -0.25) is 4.79 Å². The number of ketones is 1. The molecule has 2 N–H and O–H groups in total. The molecule has 1 saturated heterocycles. The average molecular weight is 213 g/mol. The molecule has 2 unspecified atom stereocenters. The van der Waals surface area contributed by atoms with E-state index in [2.05, 4.69) is 6.92 Å². The smallest absolute Gasteiger partial charge is 0.149 e. The zero-order valence-electron chi connectivity index (χ0n) is 9.71. The summed E-state index contributed by atoms with van der Waals surface area (Å²) < 4.78 is 5.47. The van der Waals surface area contributed by atoms with Crippen molar-refractivity contribution in [3.05, 3.63) is 0 Å². The van der Waals surface area contributed by atoms with Crippen LogP contribution in [0.3, 0.4) is 0 Å². The lowest BCUT2D eigenvalue weighted by atomic mass is 10.0. The lowest BCUT2D eigenvalue weighted by Crippen LogP contribution is -2.30.